The Kier molecular flexibility index (Phi) is 6.49. The highest BCUT2D eigenvalue weighted by molar-refractivity contribution is 7.99. The number of hydrogen-bond donors (Lipinski definition) is 3. The molecule has 0 spiro atoms. The number of benzene rings is 1. The molecule has 1 unspecified atom stereocenters. The number of thioether (sulfide) groups is 1. The van der Waals surface area contributed by atoms with Gasteiger partial charge in [0.1, 0.15) is 29.7 Å². The van der Waals surface area contributed by atoms with Gasteiger partial charge in [-0.3, -0.25) is 0 Å². The largest absolute Gasteiger partial charge is 0.416 e. The van der Waals surface area contributed by atoms with Crippen LogP contribution in [0, 0.1) is 0 Å². The molecule has 4 atom stereocenters. The second kappa shape index (κ2) is 9.16. The van der Waals surface area contributed by atoms with E-state index >= 15 is 0 Å². The summed E-state index contributed by atoms with van der Waals surface area (Å²) in [4.78, 5) is 8.41. The number of nitrogens with zero attached hydrogens (tertiary/aromatic N) is 4. The second-order valence-corrected chi connectivity index (χ2v) is 8.08. The van der Waals surface area contributed by atoms with E-state index in [-0.39, 0.29) is 0 Å². The Morgan fingerprint density at radius 2 is 2.00 bits per heavy atom. The van der Waals surface area contributed by atoms with Gasteiger partial charge < -0.3 is 20.1 Å². The third-order valence-corrected chi connectivity index (χ3v) is 5.91. The molecule has 1 aromatic carbocycles. The van der Waals surface area contributed by atoms with E-state index in [1.807, 2.05) is 0 Å². The first-order chi connectivity index (χ1) is 15.3. The maximum Gasteiger partial charge on any atom is 0.416 e. The molecule has 0 aliphatic carbocycles. The van der Waals surface area contributed by atoms with Crippen molar-refractivity contribution < 1.29 is 33.2 Å². The van der Waals surface area contributed by atoms with Crippen LogP contribution < -0.4 is 0 Å². The number of alkyl halides is 3. The highest BCUT2D eigenvalue weighted by atomic mass is 32.2. The molecule has 170 valence electrons. The number of aliphatic hydroxyl groups is 3. The van der Waals surface area contributed by atoms with Gasteiger partial charge in [0.25, 0.3) is 0 Å². The SMILES string of the molecule is OC[C@H]1OC(n2ncc3c(SC/C=C/c4cccc(C(F)(F)F)c4)ncnc32)[C@H](O)[C@@H]1O. The number of aromatic nitrogens is 4. The summed E-state index contributed by atoms with van der Waals surface area (Å²) in [6.07, 6.45) is -2.76. The Bertz CT molecular complexity index is 1120. The van der Waals surface area contributed by atoms with Gasteiger partial charge in [-0.05, 0) is 17.7 Å². The lowest BCUT2D eigenvalue weighted by molar-refractivity contribution is -0.137. The van der Waals surface area contributed by atoms with Gasteiger partial charge in [0, 0.05) is 5.75 Å². The lowest BCUT2D eigenvalue weighted by Crippen LogP contribution is -2.33. The van der Waals surface area contributed by atoms with E-state index in [9.17, 15) is 28.5 Å². The summed E-state index contributed by atoms with van der Waals surface area (Å²) < 4.78 is 45.3. The molecule has 0 radical (unpaired) electrons. The zero-order valence-electron chi connectivity index (χ0n) is 16.4. The van der Waals surface area contributed by atoms with Crippen LogP contribution in [-0.2, 0) is 10.9 Å². The Labute approximate surface area is 184 Å². The summed E-state index contributed by atoms with van der Waals surface area (Å²) >= 11 is 1.34. The highest BCUT2D eigenvalue weighted by Gasteiger charge is 2.44. The summed E-state index contributed by atoms with van der Waals surface area (Å²) in [6, 6.07) is 5.04. The molecule has 0 saturated carbocycles. The third-order valence-electron chi connectivity index (χ3n) is 4.95. The lowest BCUT2D eigenvalue weighted by atomic mass is 10.1. The van der Waals surface area contributed by atoms with Crippen LogP contribution in [0.4, 0.5) is 13.2 Å². The van der Waals surface area contributed by atoms with E-state index in [2.05, 4.69) is 15.1 Å². The van der Waals surface area contributed by atoms with E-state index in [4.69, 9.17) is 4.74 Å². The van der Waals surface area contributed by atoms with Crippen molar-refractivity contribution in [3.8, 4) is 0 Å². The smallest absolute Gasteiger partial charge is 0.394 e. The molecule has 4 rings (SSSR count). The van der Waals surface area contributed by atoms with Crippen molar-refractivity contribution in [2.45, 2.75) is 35.7 Å². The zero-order valence-corrected chi connectivity index (χ0v) is 17.2. The molecule has 1 aliphatic heterocycles. The first kappa shape index (κ1) is 22.7. The molecular formula is C20H19F3N4O4S. The topological polar surface area (TPSA) is 114 Å². The number of halogens is 3. The Hall–Kier alpha value is -2.51. The van der Waals surface area contributed by atoms with Crippen LogP contribution in [-0.4, -0.2) is 65.7 Å². The average Bonchev–Trinajstić information content (AvgIpc) is 3.32. The average molecular weight is 468 g/mol. The van der Waals surface area contributed by atoms with Gasteiger partial charge in [-0.15, -0.1) is 11.8 Å². The number of aliphatic hydroxyl groups excluding tert-OH is 3. The van der Waals surface area contributed by atoms with Gasteiger partial charge in [0.05, 0.1) is 23.8 Å². The first-order valence-electron chi connectivity index (χ1n) is 9.57. The quantitative estimate of drug-likeness (QED) is 0.373. The molecule has 2 aromatic heterocycles. The van der Waals surface area contributed by atoms with Crippen molar-refractivity contribution in [2.75, 3.05) is 12.4 Å². The maximum absolute atomic E-state index is 12.8. The van der Waals surface area contributed by atoms with Crippen molar-refractivity contribution in [3.05, 3.63) is 54.0 Å². The third kappa shape index (κ3) is 4.50. The molecule has 1 aliphatic rings. The standard InChI is InChI=1S/C20H19F3N4O4S/c21-20(22,23)12-5-1-3-11(7-12)4-2-6-32-18-13-8-26-27(17(13)24-10-25-18)19-16(30)15(29)14(9-28)31-19/h1-5,7-8,10,14-16,19,28-30H,6,9H2/b4-2+/t14-,15-,16-,19?/m1/s1. The molecule has 1 fully saturated rings. The van der Waals surface area contributed by atoms with Crippen LogP contribution in [0.15, 0.2) is 47.9 Å². The van der Waals surface area contributed by atoms with Gasteiger partial charge in [-0.25, -0.2) is 14.6 Å². The fourth-order valence-electron chi connectivity index (χ4n) is 3.35. The zero-order chi connectivity index (χ0) is 22.9. The number of rotatable bonds is 6. The van der Waals surface area contributed by atoms with Crippen molar-refractivity contribution in [3.63, 3.8) is 0 Å². The minimum absolute atomic E-state index is 0.374. The van der Waals surface area contributed by atoms with Gasteiger partial charge in [-0.1, -0.05) is 24.3 Å². The Morgan fingerprint density at radius 1 is 1.19 bits per heavy atom. The maximum atomic E-state index is 12.8. The van der Waals surface area contributed by atoms with Gasteiger partial charge in [-0.2, -0.15) is 18.3 Å². The Morgan fingerprint density at radius 3 is 2.72 bits per heavy atom. The van der Waals surface area contributed by atoms with Crippen molar-refractivity contribution in [1.82, 2.24) is 19.7 Å². The second-order valence-electron chi connectivity index (χ2n) is 7.07. The van der Waals surface area contributed by atoms with Crippen LogP contribution >= 0.6 is 11.8 Å². The van der Waals surface area contributed by atoms with E-state index in [0.717, 1.165) is 12.1 Å². The fraction of sp³-hybridized carbons (Fsp3) is 0.350. The number of hydrogen-bond acceptors (Lipinski definition) is 8. The molecular weight excluding hydrogens is 449 g/mol. The number of fused-ring (bicyclic) bond motifs is 1. The molecule has 0 amide bonds. The fourth-order valence-corrected chi connectivity index (χ4v) is 4.13. The molecule has 1 saturated heterocycles. The van der Waals surface area contributed by atoms with E-state index in [1.165, 1.54) is 35.0 Å². The van der Waals surface area contributed by atoms with Crippen LogP contribution in [0.3, 0.4) is 0 Å². The molecule has 3 N–H and O–H groups in total. The van der Waals surface area contributed by atoms with E-state index in [0.29, 0.717) is 27.4 Å². The molecule has 3 heterocycles. The summed E-state index contributed by atoms with van der Waals surface area (Å²) in [5.74, 6) is 0.432. The molecule has 8 nitrogen and oxygen atoms in total. The Balaban J connectivity index is 1.48. The van der Waals surface area contributed by atoms with Crippen LogP contribution in [0.2, 0.25) is 0 Å². The van der Waals surface area contributed by atoms with Gasteiger partial charge in [0.15, 0.2) is 11.9 Å². The predicted molar refractivity (Wildman–Crippen MR) is 110 cm³/mol. The summed E-state index contributed by atoms with van der Waals surface area (Å²) in [5.41, 5.74) is 0.103. The molecule has 12 heteroatoms. The monoisotopic (exact) mass is 468 g/mol. The summed E-state index contributed by atoms with van der Waals surface area (Å²) in [6.45, 7) is -0.456. The van der Waals surface area contributed by atoms with Crippen molar-refractivity contribution in [1.29, 1.82) is 0 Å². The van der Waals surface area contributed by atoms with Crippen LogP contribution in [0.25, 0.3) is 17.1 Å². The number of ether oxygens (including phenoxy) is 1. The molecule has 0 bridgehead atoms. The molecule has 3 aromatic rings. The predicted octanol–water partition coefficient (Wildman–Crippen LogP) is 2.26. The van der Waals surface area contributed by atoms with Gasteiger partial charge in [0.2, 0.25) is 0 Å². The van der Waals surface area contributed by atoms with Gasteiger partial charge >= 0.3 is 6.18 Å². The lowest BCUT2D eigenvalue weighted by Gasteiger charge is -2.15. The van der Waals surface area contributed by atoms with Crippen LogP contribution in [0.1, 0.15) is 17.4 Å². The minimum atomic E-state index is -4.39. The summed E-state index contributed by atoms with van der Waals surface area (Å²) in [5, 5.41) is 34.8. The highest BCUT2D eigenvalue weighted by Crippen LogP contribution is 2.33. The van der Waals surface area contributed by atoms with E-state index in [1.54, 1.807) is 18.2 Å². The minimum Gasteiger partial charge on any atom is -0.394 e. The van der Waals surface area contributed by atoms with Crippen molar-refractivity contribution in [2.24, 2.45) is 0 Å². The summed E-state index contributed by atoms with van der Waals surface area (Å²) in [7, 11) is 0. The van der Waals surface area contributed by atoms with E-state index < -0.39 is 42.9 Å². The van der Waals surface area contributed by atoms with Crippen molar-refractivity contribution >= 4 is 28.9 Å². The molecule has 32 heavy (non-hydrogen) atoms. The van der Waals surface area contributed by atoms with Crippen LogP contribution in [0.5, 0.6) is 0 Å². The first-order valence-corrected chi connectivity index (χ1v) is 10.6. The normalized spacial score (nSPS) is 24.1.